The molecule has 4 heteroatoms. The third-order valence-electron chi connectivity index (χ3n) is 1.82. The smallest absolute Gasteiger partial charge is 0.261 e. The van der Waals surface area contributed by atoms with Crippen LogP contribution in [0.5, 0.6) is 0 Å². The van der Waals surface area contributed by atoms with Crippen molar-refractivity contribution in [1.29, 1.82) is 0 Å². The molecule has 0 atom stereocenters. The van der Waals surface area contributed by atoms with E-state index in [1.165, 1.54) is 11.3 Å². The van der Waals surface area contributed by atoms with Crippen LogP contribution in [0.4, 0.5) is 0 Å². The maximum atomic E-state index is 8.88. The van der Waals surface area contributed by atoms with Crippen LogP contribution in [-0.4, -0.2) is 5.11 Å². The number of halogens is 1. The van der Waals surface area contributed by atoms with Crippen molar-refractivity contribution in [3.8, 4) is 11.3 Å². The van der Waals surface area contributed by atoms with Gasteiger partial charge < -0.3 is 17.5 Å². The van der Waals surface area contributed by atoms with E-state index in [1.807, 2.05) is 35.7 Å². The molecule has 1 aromatic heterocycles. The highest BCUT2D eigenvalue weighted by atomic mass is 35.5. The molecule has 0 amide bonds. The van der Waals surface area contributed by atoms with Crippen LogP contribution in [0, 0.1) is 0 Å². The summed E-state index contributed by atoms with van der Waals surface area (Å²) < 4.78 is 0. The number of nitrogens with one attached hydrogen (secondary N) is 1. The molecule has 74 valence electrons. The summed E-state index contributed by atoms with van der Waals surface area (Å²) >= 11 is 1.54. The van der Waals surface area contributed by atoms with E-state index in [0.29, 0.717) is 0 Å². The summed E-state index contributed by atoms with van der Waals surface area (Å²) in [7, 11) is 0. The minimum atomic E-state index is 0. The highest BCUT2D eigenvalue weighted by molar-refractivity contribution is 7.09. The predicted molar refractivity (Wildman–Crippen MR) is 52.2 cm³/mol. The average Bonchev–Trinajstić information content (AvgIpc) is 2.67. The molecule has 0 aliphatic rings. The molecule has 0 radical (unpaired) electrons. The van der Waals surface area contributed by atoms with Crippen LogP contribution < -0.4 is 17.4 Å². The molecule has 1 heterocycles. The summed E-state index contributed by atoms with van der Waals surface area (Å²) in [5.74, 6) is 0. The second kappa shape index (κ2) is 5.10. The lowest BCUT2D eigenvalue weighted by atomic mass is 10.2. The van der Waals surface area contributed by atoms with Crippen LogP contribution in [-0.2, 0) is 6.61 Å². The van der Waals surface area contributed by atoms with Crippen LogP contribution in [0.1, 0.15) is 5.01 Å². The molecule has 0 aliphatic carbocycles. The van der Waals surface area contributed by atoms with Gasteiger partial charge >= 0.3 is 0 Å². The van der Waals surface area contributed by atoms with Gasteiger partial charge in [-0.15, -0.1) is 0 Å². The van der Waals surface area contributed by atoms with Crippen molar-refractivity contribution in [2.75, 3.05) is 0 Å². The zero-order chi connectivity index (χ0) is 9.10. The summed E-state index contributed by atoms with van der Waals surface area (Å²) in [5.41, 5.74) is 2.22. The third kappa shape index (κ3) is 2.32. The van der Waals surface area contributed by atoms with Crippen molar-refractivity contribution >= 4 is 11.3 Å². The fraction of sp³-hybridized carbons (Fsp3) is 0.100. The van der Waals surface area contributed by atoms with Gasteiger partial charge in [-0.05, 0) is 12.1 Å². The minimum absolute atomic E-state index is 0. The van der Waals surface area contributed by atoms with Crippen LogP contribution in [0.25, 0.3) is 11.3 Å². The zero-order valence-corrected chi connectivity index (χ0v) is 8.98. The molecular weight excluding hydrogens is 218 g/mol. The highest BCUT2D eigenvalue weighted by Crippen LogP contribution is 2.17. The Kier molecular flexibility index (Phi) is 4.07. The predicted octanol–water partition coefficient (Wildman–Crippen LogP) is -1.27. The van der Waals surface area contributed by atoms with Gasteiger partial charge in [-0.25, -0.2) is 0 Å². The number of hydrogen-bond acceptors (Lipinski definition) is 2. The molecular formula is C10H10ClNOS. The lowest BCUT2D eigenvalue weighted by Crippen LogP contribution is -3.00. The third-order valence-corrected chi connectivity index (χ3v) is 2.69. The number of benzene rings is 1. The van der Waals surface area contributed by atoms with Crippen LogP contribution in [0.3, 0.4) is 0 Å². The Balaban J connectivity index is 0.000000980. The molecule has 0 unspecified atom stereocenters. The van der Waals surface area contributed by atoms with Crippen molar-refractivity contribution < 1.29 is 22.5 Å². The first-order valence-corrected chi connectivity index (χ1v) is 4.94. The quantitative estimate of drug-likeness (QED) is 0.682. The van der Waals surface area contributed by atoms with Gasteiger partial charge in [0.15, 0.2) is 0 Å². The maximum Gasteiger partial charge on any atom is 0.261 e. The number of hydrogen-bond donors (Lipinski definition) is 1. The fourth-order valence-electron chi connectivity index (χ4n) is 1.17. The molecule has 0 aliphatic heterocycles. The first kappa shape index (κ1) is 11.2. The SMILES string of the molecule is OCc1[nH+]c(-c2ccccc2)cs1.[Cl-]. The Hall–Kier alpha value is -0.900. The number of aliphatic hydroxyl groups is 1. The summed E-state index contributed by atoms with van der Waals surface area (Å²) in [6.45, 7) is 0.0809. The van der Waals surface area contributed by atoms with Crippen LogP contribution >= 0.6 is 11.3 Å². The van der Waals surface area contributed by atoms with Crippen molar-refractivity contribution in [2.45, 2.75) is 6.61 Å². The minimum Gasteiger partial charge on any atom is -1.00 e. The summed E-state index contributed by atoms with van der Waals surface area (Å²) in [5, 5.41) is 11.8. The molecule has 0 bridgehead atoms. The second-order valence-electron chi connectivity index (χ2n) is 2.72. The van der Waals surface area contributed by atoms with E-state index in [2.05, 4.69) is 4.98 Å². The second-order valence-corrected chi connectivity index (χ2v) is 3.69. The van der Waals surface area contributed by atoms with E-state index >= 15 is 0 Å². The first-order valence-electron chi connectivity index (χ1n) is 4.06. The van der Waals surface area contributed by atoms with Gasteiger partial charge in [-0.2, -0.15) is 4.98 Å². The summed E-state index contributed by atoms with van der Waals surface area (Å²) in [4.78, 5) is 3.15. The van der Waals surface area contributed by atoms with Gasteiger partial charge in [0.05, 0.1) is 5.38 Å². The number of rotatable bonds is 2. The van der Waals surface area contributed by atoms with Crippen molar-refractivity contribution in [2.24, 2.45) is 0 Å². The van der Waals surface area contributed by atoms with Crippen molar-refractivity contribution in [3.05, 3.63) is 40.7 Å². The van der Waals surface area contributed by atoms with E-state index in [0.717, 1.165) is 16.3 Å². The zero-order valence-electron chi connectivity index (χ0n) is 7.40. The molecule has 2 N–H and O–H groups in total. The largest absolute Gasteiger partial charge is 1.00 e. The van der Waals surface area contributed by atoms with Crippen molar-refractivity contribution in [1.82, 2.24) is 0 Å². The van der Waals surface area contributed by atoms with Gasteiger partial charge in [-0.3, -0.25) is 0 Å². The van der Waals surface area contributed by atoms with Crippen LogP contribution in [0.15, 0.2) is 35.7 Å². The average molecular weight is 228 g/mol. The molecule has 1 aromatic carbocycles. The van der Waals surface area contributed by atoms with Gasteiger partial charge in [0, 0.05) is 5.56 Å². The van der Waals surface area contributed by atoms with E-state index in [1.54, 1.807) is 0 Å². The molecule has 0 saturated carbocycles. The van der Waals surface area contributed by atoms with E-state index < -0.39 is 0 Å². The lowest BCUT2D eigenvalue weighted by Gasteiger charge is -1.88. The van der Waals surface area contributed by atoms with Gasteiger partial charge in [0.1, 0.15) is 6.61 Å². The van der Waals surface area contributed by atoms with Gasteiger partial charge in [0.25, 0.3) is 5.01 Å². The topological polar surface area (TPSA) is 34.4 Å². The number of aromatic nitrogens is 1. The molecule has 2 aromatic rings. The monoisotopic (exact) mass is 227 g/mol. The summed E-state index contributed by atoms with van der Waals surface area (Å²) in [6.07, 6.45) is 0. The fourth-order valence-corrected chi connectivity index (χ4v) is 1.87. The molecule has 0 spiro atoms. The maximum absolute atomic E-state index is 8.88. The van der Waals surface area contributed by atoms with Gasteiger partial charge in [0.2, 0.25) is 5.69 Å². The molecule has 0 fully saturated rings. The Morgan fingerprint density at radius 2 is 1.93 bits per heavy atom. The van der Waals surface area contributed by atoms with Crippen molar-refractivity contribution in [3.63, 3.8) is 0 Å². The normalized spacial score (nSPS) is 9.50. The first-order chi connectivity index (χ1) is 6.40. The Labute approximate surface area is 92.7 Å². The molecule has 2 rings (SSSR count). The van der Waals surface area contributed by atoms with E-state index in [-0.39, 0.29) is 19.0 Å². The highest BCUT2D eigenvalue weighted by Gasteiger charge is 2.09. The van der Waals surface area contributed by atoms with E-state index in [4.69, 9.17) is 5.11 Å². The number of thiazole rings is 1. The van der Waals surface area contributed by atoms with E-state index in [9.17, 15) is 0 Å². The lowest BCUT2D eigenvalue weighted by molar-refractivity contribution is -0.374. The molecule has 14 heavy (non-hydrogen) atoms. The number of H-pyrrole nitrogens is 1. The van der Waals surface area contributed by atoms with Crippen LogP contribution in [0.2, 0.25) is 0 Å². The number of aromatic amines is 1. The van der Waals surface area contributed by atoms with Gasteiger partial charge in [-0.1, -0.05) is 29.5 Å². The molecule has 0 saturated heterocycles. The Morgan fingerprint density at radius 3 is 2.50 bits per heavy atom. The standard InChI is InChI=1S/C10H9NOS.ClH/c12-6-10-11-9(7-13-10)8-4-2-1-3-5-8;/h1-5,7,12H,6H2;1H. The molecule has 2 nitrogen and oxygen atoms in total. The number of aliphatic hydroxyl groups excluding tert-OH is 1. The Bertz CT molecular complexity index is 388. The Morgan fingerprint density at radius 1 is 1.21 bits per heavy atom. The summed E-state index contributed by atoms with van der Waals surface area (Å²) in [6, 6.07) is 10.1.